The highest BCUT2D eigenvalue weighted by atomic mass is 16.3. The van der Waals surface area contributed by atoms with Crippen molar-refractivity contribution in [2.45, 2.75) is 19.4 Å². The normalized spacial score (nSPS) is 12.7. The summed E-state index contributed by atoms with van der Waals surface area (Å²) in [5.41, 5.74) is 2.06. The number of aliphatic hydroxyl groups is 1. The molecule has 0 spiro atoms. The zero-order chi connectivity index (χ0) is 10.7. The van der Waals surface area contributed by atoms with Gasteiger partial charge in [0.15, 0.2) is 0 Å². The smallest absolute Gasteiger partial charge is 0.225 e. The van der Waals surface area contributed by atoms with Crippen LogP contribution < -0.4 is 0 Å². The van der Waals surface area contributed by atoms with Gasteiger partial charge in [0.2, 0.25) is 5.89 Å². The molecule has 1 heterocycles. The molecular formula is C12H13NO2. The highest BCUT2D eigenvalue weighted by molar-refractivity contribution is 5.53. The maximum Gasteiger partial charge on any atom is 0.225 e. The lowest BCUT2D eigenvalue weighted by Crippen LogP contribution is -2.03. The SMILES string of the molecule is CC(O)Cc1ccc(-c2ncco2)cc1. The van der Waals surface area contributed by atoms with Crippen molar-refractivity contribution in [1.29, 1.82) is 0 Å². The van der Waals surface area contributed by atoms with E-state index in [1.165, 1.54) is 0 Å². The second-order valence-electron chi connectivity index (χ2n) is 3.59. The number of nitrogens with zero attached hydrogens (tertiary/aromatic N) is 1. The molecule has 0 saturated heterocycles. The summed E-state index contributed by atoms with van der Waals surface area (Å²) in [6, 6.07) is 7.85. The fraction of sp³-hybridized carbons (Fsp3) is 0.250. The number of hydrogen-bond acceptors (Lipinski definition) is 3. The van der Waals surface area contributed by atoms with Gasteiger partial charge >= 0.3 is 0 Å². The molecule has 0 radical (unpaired) electrons. The van der Waals surface area contributed by atoms with Crippen LogP contribution in [0, 0.1) is 0 Å². The summed E-state index contributed by atoms with van der Waals surface area (Å²) in [5, 5.41) is 9.23. The maximum absolute atomic E-state index is 9.23. The molecule has 78 valence electrons. The van der Waals surface area contributed by atoms with Crippen molar-refractivity contribution in [1.82, 2.24) is 4.98 Å². The predicted molar refractivity (Wildman–Crippen MR) is 57.3 cm³/mol. The van der Waals surface area contributed by atoms with Crippen LogP contribution in [-0.4, -0.2) is 16.2 Å². The van der Waals surface area contributed by atoms with Crippen LogP contribution in [0.3, 0.4) is 0 Å². The van der Waals surface area contributed by atoms with Crippen molar-refractivity contribution in [3.05, 3.63) is 42.3 Å². The Labute approximate surface area is 88.4 Å². The molecule has 2 rings (SSSR count). The number of aliphatic hydroxyl groups excluding tert-OH is 1. The van der Waals surface area contributed by atoms with Crippen LogP contribution in [0.15, 0.2) is 41.1 Å². The van der Waals surface area contributed by atoms with Crippen LogP contribution in [-0.2, 0) is 6.42 Å². The van der Waals surface area contributed by atoms with E-state index in [0.29, 0.717) is 12.3 Å². The van der Waals surface area contributed by atoms with Gasteiger partial charge < -0.3 is 9.52 Å². The summed E-state index contributed by atoms with van der Waals surface area (Å²) in [6.45, 7) is 1.78. The first-order valence-electron chi connectivity index (χ1n) is 4.92. The Morgan fingerprint density at radius 1 is 1.33 bits per heavy atom. The minimum atomic E-state index is -0.308. The molecule has 0 amide bonds. The first-order valence-corrected chi connectivity index (χ1v) is 4.92. The number of oxazole rings is 1. The molecule has 3 nitrogen and oxygen atoms in total. The van der Waals surface area contributed by atoms with Crippen LogP contribution in [0.2, 0.25) is 0 Å². The molecule has 15 heavy (non-hydrogen) atoms. The Morgan fingerprint density at radius 2 is 2.07 bits per heavy atom. The van der Waals surface area contributed by atoms with E-state index in [1.807, 2.05) is 24.3 Å². The van der Waals surface area contributed by atoms with Gasteiger partial charge in [-0.3, -0.25) is 0 Å². The van der Waals surface area contributed by atoms with Crippen LogP contribution in [0.4, 0.5) is 0 Å². The summed E-state index contributed by atoms with van der Waals surface area (Å²) in [5.74, 6) is 0.624. The second-order valence-corrected chi connectivity index (χ2v) is 3.59. The average Bonchev–Trinajstić information content (AvgIpc) is 2.71. The van der Waals surface area contributed by atoms with Gasteiger partial charge in [0.1, 0.15) is 6.26 Å². The van der Waals surface area contributed by atoms with E-state index in [4.69, 9.17) is 4.42 Å². The molecule has 1 aromatic heterocycles. The lowest BCUT2D eigenvalue weighted by molar-refractivity contribution is 0.195. The van der Waals surface area contributed by atoms with E-state index in [0.717, 1.165) is 11.1 Å². The van der Waals surface area contributed by atoms with Gasteiger partial charge in [-0.25, -0.2) is 4.98 Å². The van der Waals surface area contributed by atoms with Gasteiger partial charge in [0.05, 0.1) is 12.3 Å². The zero-order valence-electron chi connectivity index (χ0n) is 8.55. The summed E-state index contributed by atoms with van der Waals surface area (Å²) >= 11 is 0. The van der Waals surface area contributed by atoms with Gasteiger partial charge in [-0.1, -0.05) is 12.1 Å². The summed E-state index contributed by atoms with van der Waals surface area (Å²) < 4.78 is 5.18. The molecule has 3 heteroatoms. The fourth-order valence-electron chi connectivity index (χ4n) is 1.49. The lowest BCUT2D eigenvalue weighted by atomic mass is 10.1. The molecule has 0 saturated carbocycles. The average molecular weight is 203 g/mol. The number of benzene rings is 1. The number of hydrogen-bond donors (Lipinski definition) is 1. The van der Waals surface area contributed by atoms with Crippen molar-refractivity contribution >= 4 is 0 Å². The Balaban J connectivity index is 2.17. The summed E-state index contributed by atoms with van der Waals surface area (Å²) in [6.07, 6.45) is 3.54. The van der Waals surface area contributed by atoms with Gasteiger partial charge in [0.25, 0.3) is 0 Å². The quantitative estimate of drug-likeness (QED) is 0.832. The van der Waals surface area contributed by atoms with Crippen LogP contribution in [0.5, 0.6) is 0 Å². The van der Waals surface area contributed by atoms with Crippen LogP contribution in [0.1, 0.15) is 12.5 Å². The van der Waals surface area contributed by atoms with Crippen molar-refractivity contribution in [3.63, 3.8) is 0 Å². The highest BCUT2D eigenvalue weighted by Crippen LogP contribution is 2.17. The van der Waals surface area contributed by atoms with Gasteiger partial charge in [-0.2, -0.15) is 0 Å². The van der Waals surface area contributed by atoms with Gasteiger partial charge in [-0.15, -0.1) is 0 Å². The van der Waals surface area contributed by atoms with E-state index in [9.17, 15) is 5.11 Å². The number of aromatic nitrogens is 1. The highest BCUT2D eigenvalue weighted by Gasteiger charge is 2.03. The van der Waals surface area contributed by atoms with Gasteiger partial charge in [-0.05, 0) is 31.0 Å². The van der Waals surface area contributed by atoms with Crippen LogP contribution in [0.25, 0.3) is 11.5 Å². The monoisotopic (exact) mass is 203 g/mol. The van der Waals surface area contributed by atoms with E-state index in [-0.39, 0.29) is 6.10 Å². The minimum absolute atomic E-state index is 0.308. The Hall–Kier alpha value is -1.61. The zero-order valence-corrected chi connectivity index (χ0v) is 8.55. The molecule has 2 aromatic rings. The molecule has 1 N–H and O–H groups in total. The lowest BCUT2D eigenvalue weighted by Gasteiger charge is -2.04. The van der Waals surface area contributed by atoms with Crippen molar-refractivity contribution in [3.8, 4) is 11.5 Å². The fourth-order valence-corrected chi connectivity index (χ4v) is 1.49. The Kier molecular flexibility index (Phi) is 2.83. The molecule has 1 unspecified atom stereocenters. The molecular weight excluding hydrogens is 190 g/mol. The maximum atomic E-state index is 9.23. The van der Waals surface area contributed by atoms with Crippen LogP contribution >= 0.6 is 0 Å². The molecule has 1 aromatic carbocycles. The Morgan fingerprint density at radius 3 is 2.60 bits per heavy atom. The second kappa shape index (κ2) is 4.28. The van der Waals surface area contributed by atoms with Gasteiger partial charge in [0, 0.05) is 5.56 Å². The van der Waals surface area contributed by atoms with E-state index in [2.05, 4.69) is 4.98 Å². The van der Waals surface area contributed by atoms with Crippen molar-refractivity contribution in [2.75, 3.05) is 0 Å². The molecule has 0 aliphatic rings. The topological polar surface area (TPSA) is 46.3 Å². The predicted octanol–water partition coefficient (Wildman–Crippen LogP) is 2.26. The number of rotatable bonds is 3. The molecule has 0 aliphatic carbocycles. The summed E-state index contributed by atoms with van der Waals surface area (Å²) in [4.78, 5) is 4.06. The third-order valence-electron chi connectivity index (χ3n) is 2.16. The third-order valence-corrected chi connectivity index (χ3v) is 2.16. The van der Waals surface area contributed by atoms with E-state index >= 15 is 0 Å². The van der Waals surface area contributed by atoms with E-state index in [1.54, 1.807) is 19.4 Å². The summed E-state index contributed by atoms with van der Waals surface area (Å²) in [7, 11) is 0. The molecule has 0 aliphatic heterocycles. The van der Waals surface area contributed by atoms with E-state index < -0.39 is 0 Å². The standard InChI is InChI=1S/C12H13NO2/c1-9(14)8-10-2-4-11(5-3-10)12-13-6-7-15-12/h2-7,9,14H,8H2,1H3. The molecule has 1 atom stereocenters. The Bertz CT molecular complexity index is 404. The third kappa shape index (κ3) is 2.44. The first kappa shape index (κ1) is 9.93. The van der Waals surface area contributed by atoms with Crippen molar-refractivity contribution in [2.24, 2.45) is 0 Å². The molecule has 0 bridgehead atoms. The minimum Gasteiger partial charge on any atom is -0.445 e. The van der Waals surface area contributed by atoms with Crippen molar-refractivity contribution < 1.29 is 9.52 Å². The molecule has 0 fully saturated rings. The largest absolute Gasteiger partial charge is 0.445 e. The first-order chi connectivity index (χ1) is 7.25.